The molecule has 0 bridgehead atoms. The first-order valence-corrected chi connectivity index (χ1v) is 12.2. The monoisotopic (exact) mass is 540 g/mol. The molecule has 2 heterocycles. The summed E-state index contributed by atoms with van der Waals surface area (Å²) in [5, 5.41) is 12.9. The van der Waals surface area contributed by atoms with Gasteiger partial charge in [-0.2, -0.15) is 0 Å². The molecule has 0 unspecified atom stereocenters. The van der Waals surface area contributed by atoms with Crippen LogP contribution in [-0.2, 0) is 16.1 Å². The molecule has 0 fully saturated rings. The van der Waals surface area contributed by atoms with Gasteiger partial charge in [0.25, 0.3) is 0 Å². The van der Waals surface area contributed by atoms with Crippen molar-refractivity contribution in [1.82, 2.24) is 14.8 Å². The predicted molar refractivity (Wildman–Crippen MR) is 135 cm³/mol. The van der Waals surface area contributed by atoms with Gasteiger partial charge in [-0.15, -0.1) is 16.8 Å². The zero-order valence-corrected chi connectivity index (χ0v) is 20.7. The van der Waals surface area contributed by atoms with Crippen LogP contribution in [0.1, 0.15) is 17.3 Å². The van der Waals surface area contributed by atoms with Gasteiger partial charge in [-0.25, -0.2) is 4.79 Å². The van der Waals surface area contributed by atoms with E-state index >= 15 is 0 Å². The smallest absolute Gasteiger partial charge is 0.338 e. The molecule has 0 aliphatic carbocycles. The van der Waals surface area contributed by atoms with E-state index in [2.05, 4.69) is 38.0 Å². The van der Waals surface area contributed by atoms with Crippen molar-refractivity contribution in [2.45, 2.75) is 18.6 Å². The average molecular weight is 541 g/mol. The number of nitrogens with one attached hydrogen (secondary N) is 1. The minimum absolute atomic E-state index is 0.127. The number of nitrogens with zero attached hydrogens (tertiary/aromatic N) is 3. The van der Waals surface area contributed by atoms with E-state index in [-0.39, 0.29) is 11.7 Å². The van der Waals surface area contributed by atoms with E-state index in [1.165, 1.54) is 11.8 Å². The number of hydrogen-bond donors (Lipinski definition) is 1. The molecular formula is C24H21BrN4O4S. The highest BCUT2D eigenvalue weighted by molar-refractivity contribution is 9.10. The first-order chi connectivity index (χ1) is 16.5. The van der Waals surface area contributed by atoms with Gasteiger partial charge in [0, 0.05) is 22.1 Å². The van der Waals surface area contributed by atoms with Crippen molar-refractivity contribution >= 4 is 56.2 Å². The number of fused-ring (bicyclic) bond motifs is 1. The van der Waals surface area contributed by atoms with Gasteiger partial charge >= 0.3 is 5.97 Å². The summed E-state index contributed by atoms with van der Waals surface area (Å²) in [4.78, 5) is 24.2. The number of hydrogen-bond acceptors (Lipinski definition) is 7. The number of aromatic nitrogens is 3. The second-order valence-corrected chi connectivity index (χ2v) is 8.99. The lowest BCUT2D eigenvalue weighted by atomic mass is 10.2. The van der Waals surface area contributed by atoms with E-state index in [0.717, 1.165) is 15.4 Å². The molecule has 34 heavy (non-hydrogen) atoms. The summed E-state index contributed by atoms with van der Waals surface area (Å²) < 4.78 is 13.7. The van der Waals surface area contributed by atoms with E-state index < -0.39 is 5.97 Å². The third-order valence-electron chi connectivity index (χ3n) is 4.74. The van der Waals surface area contributed by atoms with Gasteiger partial charge in [0.2, 0.25) is 11.7 Å². The number of carbonyl (C=O) groups is 2. The number of rotatable bonds is 9. The van der Waals surface area contributed by atoms with Crippen molar-refractivity contribution in [3.63, 3.8) is 0 Å². The number of ether oxygens (including phenoxy) is 1. The minimum Gasteiger partial charge on any atom is -0.462 e. The second-order valence-electron chi connectivity index (χ2n) is 7.13. The summed E-state index contributed by atoms with van der Waals surface area (Å²) in [5.74, 6) is 0.662. The van der Waals surface area contributed by atoms with E-state index in [9.17, 15) is 9.59 Å². The topological polar surface area (TPSA) is 99.2 Å². The van der Waals surface area contributed by atoms with Gasteiger partial charge in [-0.05, 0) is 55.5 Å². The number of anilines is 1. The molecule has 2 aromatic carbocycles. The van der Waals surface area contributed by atoms with Gasteiger partial charge in [-0.3, -0.25) is 9.36 Å². The number of carbonyl (C=O) groups excluding carboxylic acids is 2. The molecule has 4 aromatic rings. The Labute approximate surface area is 208 Å². The first-order valence-electron chi connectivity index (χ1n) is 10.4. The lowest BCUT2D eigenvalue weighted by Crippen LogP contribution is -2.15. The highest BCUT2D eigenvalue weighted by Gasteiger charge is 2.18. The minimum atomic E-state index is -0.398. The molecule has 0 spiro atoms. The van der Waals surface area contributed by atoms with Crippen molar-refractivity contribution in [2.75, 3.05) is 17.7 Å². The molecule has 2 aromatic heterocycles. The summed E-state index contributed by atoms with van der Waals surface area (Å²) in [6.45, 7) is 6.33. The maximum atomic E-state index is 12.5. The van der Waals surface area contributed by atoms with Crippen molar-refractivity contribution in [1.29, 1.82) is 0 Å². The fraction of sp³-hybridized carbons (Fsp3) is 0.167. The Morgan fingerprint density at radius 2 is 2.00 bits per heavy atom. The molecular weight excluding hydrogens is 520 g/mol. The molecule has 0 saturated heterocycles. The van der Waals surface area contributed by atoms with Crippen LogP contribution in [0.5, 0.6) is 0 Å². The summed E-state index contributed by atoms with van der Waals surface area (Å²) in [5.41, 5.74) is 1.76. The van der Waals surface area contributed by atoms with E-state index in [0.29, 0.717) is 41.1 Å². The number of benzene rings is 2. The third kappa shape index (κ3) is 5.40. The van der Waals surface area contributed by atoms with E-state index in [1.54, 1.807) is 37.3 Å². The lowest BCUT2D eigenvalue weighted by Gasteiger charge is -2.08. The van der Waals surface area contributed by atoms with E-state index in [1.807, 2.05) is 28.8 Å². The van der Waals surface area contributed by atoms with Crippen LogP contribution in [0.3, 0.4) is 0 Å². The van der Waals surface area contributed by atoms with Crippen LogP contribution < -0.4 is 5.32 Å². The Bertz CT molecular complexity index is 1350. The van der Waals surface area contributed by atoms with Crippen LogP contribution in [0.15, 0.2) is 75.2 Å². The fourth-order valence-corrected chi connectivity index (χ4v) is 4.35. The number of allylic oxidation sites excluding steroid dienone is 1. The van der Waals surface area contributed by atoms with Crippen LogP contribution >= 0.6 is 27.7 Å². The highest BCUT2D eigenvalue weighted by Crippen LogP contribution is 2.31. The summed E-state index contributed by atoms with van der Waals surface area (Å²) in [6, 6.07) is 14.2. The maximum absolute atomic E-state index is 12.5. The Kier molecular flexibility index (Phi) is 7.49. The van der Waals surface area contributed by atoms with Crippen LogP contribution in [0.4, 0.5) is 5.69 Å². The summed E-state index contributed by atoms with van der Waals surface area (Å²) in [7, 11) is 0. The summed E-state index contributed by atoms with van der Waals surface area (Å²) >= 11 is 4.73. The van der Waals surface area contributed by atoms with Crippen LogP contribution in [0.25, 0.3) is 22.6 Å². The van der Waals surface area contributed by atoms with Gasteiger partial charge in [0.15, 0.2) is 10.9 Å². The molecule has 0 radical (unpaired) electrons. The Balaban J connectivity index is 1.44. The van der Waals surface area contributed by atoms with Gasteiger partial charge in [-0.1, -0.05) is 33.8 Å². The molecule has 0 saturated carbocycles. The third-order valence-corrected chi connectivity index (χ3v) is 6.20. The van der Waals surface area contributed by atoms with Crippen LogP contribution in [0, 0.1) is 0 Å². The van der Waals surface area contributed by atoms with E-state index in [4.69, 9.17) is 9.15 Å². The number of thioether (sulfide) groups is 1. The van der Waals surface area contributed by atoms with Gasteiger partial charge in [0.05, 0.1) is 17.9 Å². The predicted octanol–water partition coefficient (Wildman–Crippen LogP) is 5.55. The Morgan fingerprint density at radius 3 is 2.74 bits per heavy atom. The first kappa shape index (κ1) is 23.8. The Morgan fingerprint density at radius 1 is 1.21 bits per heavy atom. The van der Waals surface area contributed by atoms with Crippen molar-refractivity contribution in [3.05, 3.63) is 71.2 Å². The molecule has 0 aliphatic heterocycles. The van der Waals surface area contributed by atoms with Gasteiger partial charge < -0.3 is 14.5 Å². The molecule has 4 rings (SSSR count). The lowest BCUT2D eigenvalue weighted by molar-refractivity contribution is -0.113. The molecule has 1 N–H and O–H groups in total. The normalized spacial score (nSPS) is 10.9. The number of amides is 1. The second kappa shape index (κ2) is 10.7. The van der Waals surface area contributed by atoms with Crippen molar-refractivity contribution in [2.24, 2.45) is 0 Å². The Hall–Kier alpha value is -3.37. The SMILES string of the molecule is C=CCn1c(SCC(=O)Nc2ccc(C(=O)OCC)cc2)nnc1-c1cc2cc(Br)ccc2o1. The average Bonchev–Trinajstić information content (AvgIpc) is 3.42. The molecule has 0 atom stereocenters. The molecule has 1 amide bonds. The molecule has 8 nitrogen and oxygen atoms in total. The zero-order valence-electron chi connectivity index (χ0n) is 18.3. The molecule has 174 valence electrons. The van der Waals surface area contributed by atoms with Crippen molar-refractivity contribution < 1.29 is 18.7 Å². The standard InChI is InChI=1S/C24H21BrN4O4S/c1-3-11-29-22(20-13-16-12-17(25)7-10-19(16)33-20)27-28-24(29)34-14-21(30)26-18-8-5-15(6-9-18)23(31)32-4-2/h3,5-10,12-13H,1,4,11,14H2,2H3,(H,26,30). The highest BCUT2D eigenvalue weighted by atomic mass is 79.9. The zero-order chi connectivity index (χ0) is 24.1. The van der Waals surface area contributed by atoms with Crippen molar-refractivity contribution in [3.8, 4) is 11.6 Å². The largest absolute Gasteiger partial charge is 0.462 e. The quantitative estimate of drug-likeness (QED) is 0.169. The fourth-order valence-electron chi connectivity index (χ4n) is 3.23. The van der Waals surface area contributed by atoms with Crippen LogP contribution in [0.2, 0.25) is 0 Å². The number of furan rings is 1. The number of halogens is 1. The molecule has 10 heteroatoms. The summed E-state index contributed by atoms with van der Waals surface area (Å²) in [6.07, 6.45) is 1.74. The van der Waals surface area contributed by atoms with Crippen LogP contribution in [-0.4, -0.2) is 39.0 Å². The number of esters is 1. The molecule has 0 aliphatic rings. The maximum Gasteiger partial charge on any atom is 0.338 e. The van der Waals surface area contributed by atoms with Gasteiger partial charge in [0.1, 0.15) is 5.58 Å².